The van der Waals surface area contributed by atoms with Crippen LogP contribution in [0.4, 0.5) is 5.82 Å². The lowest BCUT2D eigenvalue weighted by atomic mass is 10.5. The Morgan fingerprint density at radius 3 is 2.67 bits per heavy atom. The third kappa shape index (κ3) is 2.62. The molecular formula is C11H16N6O. The SMILES string of the molecule is CCOCc1nc(N)cc(-n2nc(C)nc2C)n1. The number of ether oxygens (including phenoxy) is 1. The van der Waals surface area contributed by atoms with E-state index in [-0.39, 0.29) is 0 Å². The molecule has 0 bridgehead atoms. The second kappa shape index (κ2) is 5.09. The van der Waals surface area contributed by atoms with Crippen LogP contribution in [0.2, 0.25) is 0 Å². The fourth-order valence-corrected chi connectivity index (χ4v) is 1.61. The first-order chi connectivity index (χ1) is 8.60. The zero-order valence-corrected chi connectivity index (χ0v) is 10.7. The summed E-state index contributed by atoms with van der Waals surface area (Å²) in [5.74, 6) is 2.99. The molecule has 0 aliphatic rings. The van der Waals surface area contributed by atoms with E-state index in [0.29, 0.717) is 36.5 Å². The highest BCUT2D eigenvalue weighted by Gasteiger charge is 2.09. The van der Waals surface area contributed by atoms with Crippen LogP contribution in [0.15, 0.2) is 6.07 Å². The number of nitrogens with two attached hydrogens (primary N) is 1. The molecule has 0 aliphatic carbocycles. The van der Waals surface area contributed by atoms with Gasteiger partial charge in [-0.2, -0.15) is 4.68 Å². The Balaban J connectivity index is 2.38. The van der Waals surface area contributed by atoms with Crippen LogP contribution < -0.4 is 5.73 Å². The number of aromatic nitrogens is 5. The molecule has 2 rings (SSSR count). The molecule has 7 nitrogen and oxygen atoms in total. The van der Waals surface area contributed by atoms with Gasteiger partial charge in [-0.1, -0.05) is 0 Å². The third-order valence-corrected chi connectivity index (χ3v) is 2.31. The van der Waals surface area contributed by atoms with E-state index in [1.807, 2.05) is 20.8 Å². The number of nitrogens with zero attached hydrogens (tertiary/aromatic N) is 5. The van der Waals surface area contributed by atoms with E-state index >= 15 is 0 Å². The second-order valence-corrected chi connectivity index (χ2v) is 3.82. The minimum Gasteiger partial charge on any atom is -0.384 e. The molecule has 0 aliphatic heterocycles. The topological polar surface area (TPSA) is 91.7 Å². The number of rotatable bonds is 4. The molecule has 0 saturated carbocycles. The Morgan fingerprint density at radius 2 is 2.06 bits per heavy atom. The van der Waals surface area contributed by atoms with Crippen molar-refractivity contribution in [3.05, 3.63) is 23.5 Å². The van der Waals surface area contributed by atoms with Crippen LogP contribution in [0.25, 0.3) is 5.82 Å². The van der Waals surface area contributed by atoms with E-state index in [4.69, 9.17) is 10.5 Å². The third-order valence-electron chi connectivity index (χ3n) is 2.31. The van der Waals surface area contributed by atoms with Crippen LogP contribution in [-0.2, 0) is 11.3 Å². The van der Waals surface area contributed by atoms with Gasteiger partial charge < -0.3 is 10.5 Å². The van der Waals surface area contributed by atoms with Gasteiger partial charge in [-0.3, -0.25) is 0 Å². The van der Waals surface area contributed by atoms with Crippen molar-refractivity contribution in [1.29, 1.82) is 0 Å². The lowest BCUT2D eigenvalue weighted by molar-refractivity contribution is 0.128. The fourth-order valence-electron chi connectivity index (χ4n) is 1.61. The van der Waals surface area contributed by atoms with Crippen molar-refractivity contribution in [3.8, 4) is 5.82 Å². The van der Waals surface area contributed by atoms with Crippen molar-refractivity contribution >= 4 is 5.82 Å². The van der Waals surface area contributed by atoms with Gasteiger partial charge in [-0.15, -0.1) is 5.10 Å². The van der Waals surface area contributed by atoms with Crippen LogP contribution >= 0.6 is 0 Å². The van der Waals surface area contributed by atoms with E-state index < -0.39 is 0 Å². The van der Waals surface area contributed by atoms with Crippen molar-refractivity contribution in [2.24, 2.45) is 0 Å². The van der Waals surface area contributed by atoms with E-state index in [1.54, 1.807) is 10.7 Å². The van der Waals surface area contributed by atoms with Crippen LogP contribution in [0.5, 0.6) is 0 Å². The molecule has 0 fully saturated rings. The first-order valence-electron chi connectivity index (χ1n) is 5.72. The van der Waals surface area contributed by atoms with Gasteiger partial charge in [0.05, 0.1) is 0 Å². The molecule has 0 saturated heterocycles. The van der Waals surface area contributed by atoms with Crippen molar-refractivity contribution in [1.82, 2.24) is 24.7 Å². The summed E-state index contributed by atoms with van der Waals surface area (Å²) in [4.78, 5) is 12.7. The van der Waals surface area contributed by atoms with Gasteiger partial charge in [0.25, 0.3) is 0 Å². The molecule has 96 valence electrons. The van der Waals surface area contributed by atoms with Crippen molar-refractivity contribution in [2.45, 2.75) is 27.4 Å². The summed E-state index contributed by atoms with van der Waals surface area (Å²) in [5.41, 5.74) is 5.76. The first-order valence-corrected chi connectivity index (χ1v) is 5.72. The van der Waals surface area contributed by atoms with Crippen molar-refractivity contribution < 1.29 is 4.74 Å². The lowest BCUT2D eigenvalue weighted by Gasteiger charge is -2.06. The maximum atomic E-state index is 5.76. The minimum absolute atomic E-state index is 0.335. The molecule has 7 heteroatoms. The van der Waals surface area contributed by atoms with Gasteiger partial charge in [0.1, 0.15) is 24.1 Å². The summed E-state index contributed by atoms with van der Waals surface area (Å²) in [7, 11) is 0. The van der Waals surface area contributed by atoms with Gasteiger partial charge in [0.15, 0.2) is 11.6 Å². The molecule has 18 heavy (non-hydrogen) atoms. The summed E-state index contributed by atoms with van der Waals surface area (Å²) < 4.78 is 6.92. The average Bonchev–Trinajstić information content (AvgIpc) is 2.65. The zero-order valence-electron chi connectivity index (χ0n) is 10.7. The minimum atomic E-state index is 0.335. The standard InChI is InChI=1S/C11H16N6O/c1-4-18-6-10-14-9(12)5-11(15-10)17-8(3)13-7(2)16-17/h5H,4,6H2,1-3H3,(H2,12,14,15). The number of nitrogen functional groups attached to an aromatic ring is 1. The first kappa shape index (κ1) is 12.4. The van der Waals surface area contributed by atoms with E-state index in [1.165, 1.54) is 0 Å². The smallest absolute Gasteiger partial charge is 0.161 e. The molecule has 2 N–H and O–H groups in total. The quantitative estimate of drug-likeness (QED) is 0.860. The molecule has 0 spiro atoms. The van der Waals surface area contributed by atoms with Gasteiger partial charge in [-0.25, -0.2) is 15.0 Å². The Morgan fingerprint density at radius 1 is 1.28 bits per heavy atom. The molecule has 0 atom stereocenters. The lowest BCUT2D eigenvalue weighted by Crippen LogP contribution is -2.09. The van der Waals surface area contributed by atoms with Crippen LogP contribution in [0.1, 0.15) is 24.4 Å². The Kier molecular flexibility index (Phi) is 3.52. The Bertz CT molecular complexity index is 550. The molecule has 0 amide bonds. The van der Waals surface area contributed by atoms with Crippen molar-refractivity contribution in [2.75, 3.05) is 12.3 Å². The number of hydrogen-bond acceptors (Lipinski definition) is 6. The largest absolute Gasteiger partial charge is 0.384 e. The highest BCUT2D eigenvalue weighted by Crippen LogP contribution is 2.10. The highest BCUT2D eigenvalue weighted by molar-refractivity contribution is 5.37. The zero-order chi connectivity index (χ0) is 13.1. The predicted octanol–water partition coefficient (Wildman–Crippen LogP) is 0.793. The van der Waals surface area contributed by atoms with Crippen LogP contribution in [0.3, 0.4) is 0 Å². The van der Waals surface area contributed by atoms with Crippen molar-refractivity contribution in [3.63, 3.8) is 0 Å². The Labute approximate surface area is 105 Å². The monoisotopic (exact) mass is 248 g/mol. The van der Waals surface area contributed by atoms with Gasteiger partial charge >= 0.3 is 0 Å². The molecule has 2 aromatic heterocycles. The fraction of sp³-hybridized carbons (Fsp3) is 0.455. The normalized spacial score (nSPS) is 10.8. The van der Waals surface area contributed by atoms with Crippen LogP contribution in [0, 0.1) is 13.8 Å². The molecule has 0 unspecified atom stereocenters. The Hall–Kier alpha value is -2.02. The van der Waals surface area contributed by atoms with E-state index in [0.717, 1.165) is 5.82 Å². The van der Waals surface area contributed by atoms with Gasteiger partial charge in [0, 0.05) is 12.7 Å². The predicted molar refractivity (Wildman–Crippen MR) is 66.2 cm³/mol. The van der Waals surface area contributed by atoms with Crippen LogP contribution in [-0.4, -0.2) is 31.3 Å². The second-order valence-electron chi connectivity index (χ2n) is 3.82. The summed E-state index contributed by atoms with van der Waals surface area (Å²) in [6.45, 7) is 6.55. The number of aryl methyl sites for hydroxylation is 2. The maximum Gasteiger partial charge on any atom is 0.161 e. The molecular weight excluding hydrogens is 232 g/mol. The summed E-state index contributed by atoms with van der Waals surface area (Å²) in [6.07, 6.45) is 0. The van der Waals surface area contributed by atoms with E-state index in [2.05, 4.69) is 20.1 Å². The van der Waals surface area contributed by atoms with Gasteiger partial charge in [-0.05, 0) is 20.8 Å². The average molecular weight is 248 g/mol. The highest BCUT2D eigenvalue weighted by atomic mass is 16.5. The molecule has 2 heterocycles. The maximum absolute atomic E-state index is 5.76. The summed E-state index contributed by atoms with van der Waals surface area (Å²) in [5, 5.41) is 4.26. The summed E-state index contributed by atoms with van der Waals surface area (Å²) >= 11 is 0. The van der Waals surface area contributed by atoms with Gasteiger partial charge in [0.2, 0.25) is 0 Å². The molecule has 0 radical (unpaired) electrons. The summed E-state index contributed by atoms with van der Waals surface area (Å²) in [6, 6.07) is 1.66. The molecule has 2 aromatic rings. The number of anilines is 1. The number of hydrogen-bond donors (Lipinski definition) is 1. The molecule has 0 aromatic carbocycles. The van der Waals surface area contributed by atoms with E-state index in [9.17, 15) is 0 Å².